The van der Waals surface area contributed by atoms with E-state index in [0.717, 1.165) is 0 Å². The van der Waals surface area contributed by atoms with Gasteiger partial charge in [-0.05, 0) is 25.6 Å². The number of rotatable bonds is 5. The minimum atomic E-state index is -3.63. The molecule has 1 saturated heterocycles. The smallest absolute Gasteiger partial charge is 0.244 e. The van der Waals surface area contributed by atoms with Crippen LogP contribution < -0.4 is 5.32 Å². The number of methoxy groups -OCH3 is 1. The molecule has 0 aliphatic carbocycles. The van der Waals surface area contributed by atoms with Crippen LogP contribution in [0, 0.1) is 0 Å². The molecule has 0 bridgehead atoms. The number of ether oxygens (including phenoxy) is 1. The number of benzene rings is 1. The maximum absolute atomic E-state index is 12.7. The molecule has 21 heavy (non-hydrogen) atoms. The summed E-state index contributed by atoms with van der Waals surface area (Å²) >= 11 is 12.3. The van der Waals surface area contributed by atoms with Gasteiger partial charge in [0, 0.05) is 37.3 Å². The normalized spacial score (nSPS) is 20.1. The van der Waals surface area contributed by atoms with Crippen molar-refractivity contribution in [1.82, 2.24) is 9.62 Å². The number of nitrogens with zero attached hydrogens (tertiary/aromatic N) is 1. The molecule has 1 aromatic carbocycles. The summed E-state index contributed by atoms with van der Waals surface area (Å²) in [6.45, 7) is 1.18. The zero-order valence-corrected chi connectivity index (χ0v) is 14.2. The van der Waals surface area contributed by atoms with Crippen molar-refractivity contribution in [2.75, 3.05) is 27.2 Å². The summed E-state index contributed by atoms with van der Waals surface area (Å²) < 4.78 is 32.0. The Morgan fingerprint density at radius 1 is 1.43 bits per heavy atom. The molecule has 0 radical (unpaired) electrons. The summed E-state index contributed by atoms with van der Waals surface area (Å²) in [7, 11) is -0.303. The zero-order chi connectivity index (χ0) is 15.6. The predicted octanol–water partition coefficient (Wildman–Crippen LogP) is 2.12. The topological polar surface area (TPSA) is 58.6 Å². The summed E-state index contributed by atoms with van der Waals surface area (Å²) in [4.78, 5) is 0.0931. The van der Waals surface area contributed by atoms with Crippen LogP contribution in [-0.2, 0) is 21.3 Å². The monoisotopic (exact) mass is 352 g/mol. The average molecular weight is 353 g/mol. The Morgan fingerprint density at radius 3 is 2.71 bits per heavy atom. The van der Waals surface area contributed by atoms with Gasteiger partial charge in [0.1, 0.15) is 4.90 Å². The number of hydrogen-bond donors (Lipinski definition) is 1. The molecule has 1 aliphatic heterocycles. The summed E-state index contributed by atoms with van der Waals surface area (Å²) in [5, 5.41) is 3.56. The maximum atomic E-state index is 12.7. The third kappa shape index (κ3) is 3.36. The van der Waals surface area contributed by atoms with E-state index in [1.807, 2.05) is 0 Å². The Morgan fingerprint density at radius 2 is 2.14 bits per heavy atom. The van der Waals surface area contributed by atoms with Gasteiger partial charge in [0.2, 0.25) is 10.0 Å². The molecule has 1 N–H and O–H groups in total. The second kappa shape index (κ2) is 6.81. The first-order chi connectivity index (χ1) is 9.91. The van der Waals surface area contributed by atoms with Crippen molar-refractivity contribution in [1.29, 1.82) is 0 Å². The van der Waals surface area contributed by atoms with Crippen molar-refractivity contribution in [3.8, 4) is 0 Å². The van der Waals surface area contributed by atoms with Gasteiger partial charge in [0.15, 0.2) is 0 Å². The van der Waals surface area contributed by atoms with Crippen LogP contribution in [0.25, 0.3) is 0 Å². The Bertz CT molecular complexity index is 622. The third-order valence-electron chi connectivity index (χ3n) is 3.56. The Kier molecular flexibility index (Phi) is 5.51. The number of sulfonamides is 1. The highest BCUT2D eigenvalue weighted by atomic mass is 35.5. The van der Waals surface area contributed by atoms with E-state index >= 15 is 0 Å². The minimum absolute atomic E-state index is 0.0670. The van der Waals surface area contributed by atoms with Crippen LogP contribution in [0.1, 0.15) is 12.0 Å². The predicted molar refractivity (Wildman–Crippen MR) is 83.4 cm³/mol. The molecular weight excluding hydrogens is 335 g/mol. The maximum Gasteiger partial charge on any atom is 0.244 e. The average Bonchev–Trinajstić information content (AvgIpc) is 2.92. The van der Waals surface area contributed by atoms with Crippen molar-refractivity contribution in [2.24, 2.45) is 0 Å². The van der Waals surface area contributed by atoms with Crippen LogP contribution in [0.4, 0.5) is 0 Å². The van der Waals surface area contributed by atoms with Crippen molar-refractivity contribution < 1.29 is 13.2 Å². The Hall–Kier alpha value is -0.370. The zero-order valence-electron chi connectivity index (χ0n) is 11.9. The first kappa shape index (κ1) is 17.0. The van der Waals surface area contributed by atoms with Crippen LogP contribution >= 0.6 is 23.2 Å². The molecule has 1 heterocycles. The van der Waals surface area contributed by atoms with Gasteiger partial charge in [-0.15, -0.1) is 0 Å². The van der Waals surface area contributed by atoms with Crippen molar-refractivity contribution in [3.63, 3.8) is 0 Å². The minimum Gasteiger partial charge on any atom is -0.380 e. The Balaban J connectivity index is 2.39. The van der Waals surface area contributed by atoms with Gasteiger partial charge in [0.05, 0.1) is 11.1 Å². The lowest BCUT2D eigenvalue weighted by molar-refractivity contribution is 0.115. The molecule has 0 amide bonds. The molecule has 1 aliphatic rings. The van der Waals surface area contributed by atoms with Gasteiger partial charge in [-0.1, -0.05) is 23.2 Å². The van der Waals surface area contributed by atoms with E-state index in [1.54, 1.807) is 20.2 Å². The highest BCUT2D eigenvalue weighted by Crippen LogP contribution is 2.33. The fraction of sp³-hybridized carbons (Fsp3) is 0.538. The van der Waals surface area contributed by atoms with E-state index in [0.29, 0.717) is 36.6 Å². The summed E-state index contributed by atoms with van der Waals surface area (Å²) in [6, 6.07) is 3.02. The van der Waals surface area contributed by atoms with Gasteiger partial charge in [0.25, 0.3) is 0 Å². The van der Waals surface area contributed by atoms with Crippen LogP contribution in [0.3, 0.4) is 0 Å². The highest BCUT2D eigenvalue weighted by Gasteiger charge is 2.34. The molecule has 118 valence electrons. The molecule has 1 aromatic rings. The van der Waals surface area contributed by atoms with Crippen LogP contribution in [0.5, 0.6) is 0 Å². The molecular formula is C13H18Cl2N2O3S. The lowest BCUT2D eigenvalue weighted by atomic mass is 10.2. The highest BCUT2D eigenvalue weighted by molar-refractivity contribution is 7.89. The summed E-state index contributed by atoms with van der Waals surface area (Å²) in [6.07, 6.45) is 0.618. The standard InChI is InChI=1S/C13H18Cl2N2O3S/c1-16-7-10-11(14)3-4-12(13(10)15)21(18,19)17-6-5-9(8-17)20-2/h3-4,9,16H,5-8H2,1-2H3. The van der Waals surface area contributed by atoms with E-state index in [1.165, 1.54) is 10.4 Å². The van der Waals surface area contributed by atoms with Gasteiger partial charge >= 0.3 is 0 Å². The van der Waals surface area contributed by atoms with Crippen molar-refractivity contribution in [2.45, 2.75) is 24.0 Å². The summed E-state index contributed by atoms with van der Waals surface area (Å²) in [5.41, 5.74) is 0.587. The van der Waals surface area contributed by atoms with Gasteiger partial charge < -0.3 is 10.1 Å². The molecule has 2 rings (SSSR count). The Labute approximate surface area is 135 Å². The fourth-order valence-electron chi connectivity index (χ4n) is 2.36. The van der Waals surface area contributed by atoms with Gasteiger partial charge in [-0.2, -0.15) is 4.31 Å². The third-order valence-corrected chi connectivity index (χ3v) is 6.37. The van der Waals surface area contributed by atoms with Crippen LogP contribution in [0.15, 0.2) is 17.0 Å². The van der Waals surface area contributed by atoms with E-state index in [2.05, 4.69) is 5.32 Å². The number of nitrogens with one attached hydrogen (secondary N) is 1. The fourth-order valence-corrected chi connectivity index (χ4v) is 4.73. The molecule has 8 heteroatoms. The van der Waals surface area contributed by atoms with E-state index in [9.17, 15) is 8.42 Å². The SMILES string of the molecule is CNCc1c(Cl)ccc(S(=O)(=O)N2CCC(OC)C2)c1Cl. The van der Waals surface area contributed by atoms with Gasteiger partial charge in [-0.3, -0.25) is 0 Å². The second-order valence-corrected chi connectivity index (χ2v) is 7.57. The molecule has 1 unspecified atom stereocenters. The first-order valence-electron chi connectivity index (χ1n) is 6.56. The van der Waals surface area contributed by atoms with E-state index in [4.69, 9.17) is 27.9 Å². The van der Waals surface area contributed by atoms with Crippen molar-refractivity contribution >= 4 is 33.2 Å². The van der Waals surface area contributed by atoms with E-state index in [-0.39, 0.29) is 16.0 Å². The van der Waals surface area contributed by atoms with Crippen LogP contribution in [0.2, 0.25) is 10.0 Å². The lowest BCUT2D eigenvalue weighted by Crippen LogP contribution is -2.30. The first-order valence-corrected chi connectivity index (χ1v) is 8.75. The molecule has 0 saturated carbocycles. The second-order valence-electron chi connectivity index (χ2n) is 4.88. The largest absolute Gasteiger partial charge is 0.380 e. The molecule has 1 atom stereocenters. The van der Waals surface area contributed by atoms with E-state index < -0.39 is 10.0 Å². The lowest BCUT2D eigenvalue weighted by Gasteiger charge is -2.19. The number of hydrogen-bond acceptors (Lipinski definition) is 4. The molecule has 5 nitrogen and oxygen atoms in total. The van der Waals surface area contributed by atoms with Crippen molar-refractivity contribution in [3.05, 3.63) is 27.7 Å². The van der Waals surface area contributed by atoms with Gasteiger partial charge in [-0.25, -0.2) is 8.42 Å². The summed E-state index contributed by atoms with van der Waals surface area (Å²) in [5.74, 6) is 0. The molecule has 0 spiro atoms. The number of halogens is 2. The molecule has 1 fully saturated rings. The molecule has 0 aromatic heterocycles. The van der Waals surface area contributed by atoms with Crippen LogP contribution in [-0.4, -0.2) is 46.1 Å². The quantitative estimate of drug-likeness (QED) is 0.881.